The van der Waals surface area contributed by atoms with Crippen LogP contribution in [0.15, 0.2) is 11.6 Å². The fourth-order valence-electron chi connectivity index (χ4n) is 14.3. The Balaban J connectivity index is 0.914. The summed E-state index contributed by atoms with van der Waals surface area (Å²) in [6.45, 7) is 13.3. The molecule has 4 aliphatic carbocycles. The van der Waals surface area contributed by atoms with Gasteiger partial charge >= 0.3 is 17.9 Å². The number of cyclic esters (lactones) is 1. The predicted molar refractivity (Wildman–Crippen MR) is 245 cm³/mol. The van der Waals surface area contributed by atoms with E-state index in [0.29, 0.717) is 25.7 Å². The number of carbonyl (C=O) groups is 4. The summed E-state index contributed by atoms with van der Waals surface area (Å²) in [4.78, 5) is 50.3. The molecule has 19 nitrogen and oxygen atoms in total. The molecule has 0 spiro atoms. The van der Waals surface area contributed by atoms with Crippen LogP contribution < -0.4 is 5.32 Å². The molecule has 0 aromatic carbocycles. The Morgan fingerprint density at radius 2 is 1.44 bits per heavy atom. The Labute approximate surface area is 410 Å². The van der Waals surface area contributed by atoms with Crippen molar-refractivity contribution in [2.75, 3.05) is 6.61 Å². The molecule has 8 rings (SSSR count). The highest BCUT2D eigenvalue weighted by Gasteiger charge is 2.71. The zero-order chi connectivity index (χ0) is 50.6. The lowest BCUT2D eigenvalue weighted by molar-refractivity contribution is -0.336. The molecule has 1 amide bonds. The number of hydrogen-bond donors (Lipinski definition) is 7. The lowest BCUT2D eigenvalue weighted by Crippen LogP contribution is -2.67. The minimum absolute atomic E-state index is 0.00254. The zero-order valence-corrected chi connectivity index (χ0v) is 41.8. The van der Waals surface area contributed by atoms with Gasteiger partial charge < -0.3 is 73.9 Å². The average molecular weight is 994 g/mol. The van der Waals surface area contributed by atoms with Gasteiger partial charge in [-0.15, -0.1) is 0 Å². The third-order valence-electron chi connectivity index (χ3n) is 18.1. The maximum atomic E-state index is 13.6. The molecule has 4 saturated carbocycles. The van der Waals surface area contributed by atoms with E-state index in [2.05, 4.69) is 12.2 Å². The van der Waals surface area contributed by atoms with Gasteiger partial charge in [0.2, 0.25) is 5.91 Å². The fourth-order valence-corrected chi connectivity index (χ4v) is 14.3. The van der Waals surface area contributed by atoms with Crippen molar-refractivity contribution in [1.29, 1.82) is 0 Å². The second kappa shape index (κ2) is 21.2. The van der Waals surface area contributed by atoms with E-state index >= 15 is 0 Å². The third-order valence-corrected chi connectivity index (χ3v) is 18.1. The highest BCUT2D eigenvalue weighted by atomic mass is 16.7. The van der Waals surface area contributed by atoms with Crippen molar-refractivity contribution in [3.05, 3.63) is 11.6 Å². The van der Waals surface area contributed by atoms with Crippen LogP contribution >= 0.6 is 0 Å². The molecular weight excluding hydrogens is 915 g/mol. The van der Waals surface area contributed by atoms with Gasteiger partial charge in [0.05, 0.1) is 54.7 Å². The van der Waals surface area contributed by atoms with Gasteiger partial charge in [0.25, 0.3) is 0 Å². The number of rotatable bonds is 15. The molecule has 396 valence electrons. The number of aliphatic hydroxyl groups excluding tert-OH is 4. The number of aliphatic hydroxyl groups is 5. The molecular formula is C51H79NO18. The monoisotopic (exact) mass is 994 g/mol. The highest BCUT2D eigenvalue weighted by Crippen LogP contribution is 2.70. The summed E-state index contributed by atoms with van der Waals surface area (Å²) in [5, 5.41) is 68.6. The summed E-state index contributed by atoms with van der Waals surface area (Å²) in [6, 6.07) is -1.10. The number of carboxylic acid groups (broad SMARTS) is 1. The van der Waals surface area contributed by atoms with E-state index in [9.17, 15) is 49.8 Å². The number of carbonyl (C=O) groups excluding carboxylic acids is 3. The minimum Gasteiger partial charge on any atom is -0.480 e. The average Bonchev–Trinajstić information content (AvgIpc) is 3.84. The Bertz CT molecular complexity index is 1910. The van der Waals surface area contributed by atoms with Crippen molar-refractivity contribution in [2.45, 2.75) is 236 Å². The number of amides is 1. The van der Waals surface area contributed by atoms with Crippen LogP contribution in [0.2, 0.25) is 0 Å². The molecule has 7 N–H and O–H groups in total. The van der Waals surface area contributed by atoms with Crippen LogP contribution in [0.25, 0.3) is 0 Å². The summed E-state index contributed by atoms with van der Waals surface area (Å²) < 4.78 is 49.1. The number of ether oxygens (including phenoxy) is 8. The Hall–Kier alpha value is -2.82. The third kappa shape index (κ3) is 10.6. The second-order valence-corrected chi connectivity index (χ2v) is 22.9. The molecule has 8 aliphatic rings. The number of hydrogen-bond acceptors (Lipinski definition) is 17. The smallest absolute Gasteiger partial charge is 0.331 e. The van der Waals surface area contributed by atoms with Crippen LogP contribution in [-0.4, -0.2) is 159 Å². The normalized spacial score (nSPS) is 46.5. The number of carboxylic acids is 1. The first-order valence-electron chi connectivity index (χ1n) is 26.0. The van der Waals surface area contributed by atoms with Crippen molar-refractivity contribution in [3.8, 4) is 0 Å². The first kappa shape index (κ1) is 53.5. The maximum absolute atomic E-state index is 13.6. The summed E-state index contributed by atoms with van der Waals surface area (Å²) in [7, 11) is 0. The van der Waals surface area contributed by atoms with Crippen LogP contribution in [0, 0.1) is 40.4 Å². The van der Waals surface area contributed by atoms with Crippen LogP contribution in [0.3, 0.4) is 0 Å². The summed E-state index contributed by atoms with van der Waals surface area (Å²) in [6.07, 6.45) is -4.65. The molecule has 4 aliphatic heterocycles. The van der Waals surface area contributed by atoms with Gasteiger partial charge in [0.15, 0.2) is 18.9 Å². The molecule has 0 radical (unpaired) electrons. The molecule has 0 bridgehead atoms. The molecule has 0 aromatic heterocycles. The molecule has 70 heavy (non-hydrogen) atoms. The number of nitrogens with one attached hydrogen (secondary N) is 1. The van der Waals surface area contributed by atoms with Crippen molar-refractivity contribution >= 4 is 23.8 Å². The first-order valence-corrected chi connectivity index (χ1v) is 26.0. The van der Waals surface area contributed by atoms with Gasteiger partial charge in [-0.25, -0.2) is 9.59 Å². The van der Waals surface area contributed by atoms with Crippen LogP contribution in [0.4, 0.5) is 0 Å². The van der Waals surface area contributed by atoms with Gasteiger partial charge in [-0.05, 0) is 119 Å². The Morgan fingerprint density at radius 1 is 0.786 bits per heavy atom. The van der Waals surface area contributed by atoms with Crippen LogP contribution in [0.1, 0.15) is 138 Å². The van der Waals surface area contributed by atoms with E-state index < -0.39 is 115 Å². The molecule has 19 heteroatoms. The lowest BCUT2D eigenvalue weighted by atomic mass is 9.42. The van der Waals surface area contributed by atoms with E-state index in [0.717, 1.165) is 31.3 Å². The van der Waals surface area contributed by atoms with Crippen molar-refractivity contribution < 1.29 is 87.7 Å². The van der Waals surface area contributed by atoms with E-state index in [1.54, 1.807) is 26.8 Å². The Kier molecular flexibility index (Phi) is 16.2. The summed E-state index contributed by atoms with van der Waals surface area (Å²) >= 11 is 0. The molecule has 3 saturated heterocycles. The lowest BCUT2D eigenvalue weighted by Gasteiger charge is -2.65. The van der Waals surface area contributed by atoms with Crippen molar-refractivity contribution in [3.63, 3.8) is 0 Å². The summed E-state index contributed by atoms with van der Waals surface area (Å²) in [5.74, 6) is -2.62. The molecule has 0 aromatic rings. The highest BCUT2D eigenvalue weighted by molar-refractivity contribution is 5.86. The molecule has 0 unspecified atom stereocenters. The van der Waals surface area contributed by atoms with Gasteiger partial charge in [-0.3, -0.25) is 9.59 Å². The maximum Gasteiger partial charge on any atom is 0.331 e. The Morgan fingerprint density at radius 3 is 2.09 bits per heavy atom. The number of aliphatic carboxylic acids is 1. The number of esters is 2. The fraction of sp³-hybridized carbons (Fsp3) is 0.882. The van der Waals surface area contributed by atoms with Gasteiger partial charge in [0.1, 0.15) is 37.1 Å². The van der Waals surface area contributed by atoms with E-state index in [1.807, 2.05) is 20.8 Å². The molecule has 22 atom stereocenters. The summed E-state index contributed by atoms with van der Waals surface area (Å²) in [5.41, 5.74) is -1.18. The minimum atomic E-state index is -1.16. The van der Waals surface area contributed by atoms with E-state index in [1.165, 1.54) is 0 Å². The van der Waals surface area contributed by atoms with Gasteiger partial charge in [0, 0.05) is 37.2 Å². The van der Waals surface area contributed by atoms with Gasteiger partial charge in [-0.1, -0.05) is 27.7 Å². The van der Waals surface area contributed by atoms with Crippen LogP contribution in [-0.2, 0) is 57.1 Å². The van der Waals surface area contributed by atoms with Crippen LogP contribution in [0.5, 0.6) is 0 Å². The quantitative estimate of drug-likeness (QED) is 0.0917. The SMILES string of the molecule is CC(C)C[C@H](NC(=O)CCC(=O)O[C@H]1C[C@H](O[C@H]2CC[C@@]3(C)[C@H](CC[C@@H]4[C@@H]3C[C@@H](O)[C@]3(C)[C@@H](C5=CC(=O)OC5)CC[C@]43O)C2)O[C@H](C)[C@H]1O[C@H]1C[C@H](O)[C@H](O[C@H]2C[C@H](O)[C@H](O)[C@@H](C)O2)[C@@H](C)O1)C(=O)O. The predicted octanol–water partition coefficient (Wildman–Crippen LogP) is 3.16. The topological polar surface area (TPSA) is 276 Å². The largest absolute Gasteiger partial charge is 0.480 e. The van der Waals surface area contributed by atoms with Crippen molar-refractivity contribution in [2.24, 2.45) is 40.4 Å². The van der Waals surface area contributed by atoms with E-state index in [-0.39, 0.29) is 92.2 Å². The first-order chi connectivity index (χ1) is 33.0. The van der Waals surface area contributed by atoms with Crippen molar-refractivity contribution in [1.82, 2.24) is 5.32 Å². The van der Waals surface area contributed by atoms with Gasteiger partial charge in [-0.2, -0.15) is 0 Å². The number of fused-ring (bicyclic) bond motifs is 5. The molecule has 7 fully saturated rings. The zero-order valence-electron chi connectivity index (χ0n) is 41.8. The standard InChI is InChI=1S/C51H79NO18/c1-24(2)16-34(48(60)61)52-39(56)10-11-40(57)68-37-22-44(66-27(5)47(37)70-43-21-36(54)46(26(4)65-43)69-42-20-35(53)45(59)25(3)64-42)67-30-12-14-49(6)29(18-30)8-9-32-33(49)19-38(55)50(7)31(13-15-51(32,50)62)28-17-41(58)63-23-28/h17,24-27,29-38,42-47,53-55,59,62H,8-16,18-23H2,1-7H3,(H,52,56)(H,60,61)/t25-,26-,27-,29-,30+,31-,32-,33+,34+,35+,36+,37+,38-,42+,43+,44+,45-,46-,47-,49+,50+,51+/m1/s1. The second-order valence-electron chi connectivity index (χ2n) is 22.9. The molecule has 4 heterocycles. The van der Waals surface area contributed by atoms with E-state index in [4.69, 9.17) is 37.9 Å².